The zero-order valence-electron chi connectivity index (χ0n) is 10.7. The number of thiazole rings is 1. The summed E-state index contributed by atoms with van der Waals surface area (Å²) in [6.45, 7) is 2.84. The Hall–Kier alpha value is -0.980. The molecule has 6 heteroatoms. The molecule has 18 heavy (non-hydrogen) atoms. The molecule has 1 atom stereocenters. The van der Waals surface area contributed by atoms with E-state index in [2.05, 4.69) is 15.2 Å². The maximum absolute atomic E-state index is 10.9. The minimum Gasteiger partial charge on any atom is -0.392 e. The maximum Gasteiger partial charge on any atom is 0.223 e. The summed E-state index contributed by atoms with van der Waals surface area (Å²) in [4.78, 5) is 17.3. The van der Waals surface area contributed by atoms with Gasteiger partial charge in [-0.05, 0) is 25.8 Å². The third-order valence-electron chi connectivity index (χ3n) is 2.93. The van der Waals surface area contributed by atoms with Crippen molar-refractivity contribution in [1.82, 2.24) is 9.88 Å². The van der Waals surface area contributed by atoms with E-state index in [0.29, 0.717) is 24.1 Å². The predicted molar refractivity (Wildman–Crippen MR) is 71.5 cm³/mol. The van der Waals surface area contributed by atoms with Gasteiger partial charge < -0.3 is 10.4 Å². The van der Waals surface area contributed by atoms with Crippen LogP contribution < -0.4 is 5.32 Å². The Morgan fingerprint density at radius 2 is 2.44 bits per heavy atom. The summed E-state index contributed by atoms with van der Waals surface area (Å²) in [7, 11) is 1.98. The molecule has 0 aromatic carbocycles. The first-order valence-electron chi connectivity index (χ1n) is 6.13. The van der Waals surface area contributed by atoms with E-state index in [1.54, 1.807) is 0 Å². The normalized spacial score (nSPS) is 16.9. The topological polar surface area (TPSA) is 65.5 Å². The van der Waals surface area contributed by atoms with E-state index in [9.17, 15) is 9.90 Å². The molecule has 2 N–H and O–H groups in total. The summed E-state index contributed by atoms with van der Waals surface area (Å²) in [6, 6.07) is 0. The summed E-state index contributed by atoms with van der Waals surface area (Å²) in [5, 5.41) is 15.1. The molecule has 1 heterocycles. The van der Waals surface area contributed by atoms with Gasteiger partial charge in [0, 0.05) is 25.4 Å². The van der Waals surface area contributed by atoms with Crippen LogP contribution in [0.2, 0.25) is 0 Å². The molecule has 5 nitrogen and oxygen atoms in total. The highest BCUT2D eigenvalue weighted by Crippen LogP contribution is 2.32. The van der Waals surface area contributed by atoms with Crippen molar-refractivity contribution >= 4 is 22.4 Å². The Morgan fingerprint density at radius 1 is 1.72 bits per heavy atom. The number of carbonyl (C=O) groups is 1. The Bertz CT molecular complexity index is 417. The van der Waals surface area contributed by atoms with Crippen LogP contribution in [0.5, 0.6) is 0 Å². The first kappa shape index (κ1) is 13.5. The second-order valence-corrected chi connectivity index (χ2v) is 5.78. The lowest BCUT2D eigenvalue weighted by atomic mass is 10.2. The fourth-order valence-corrected chi connectivity index (χ4v) is 2.63. The SMILES string of the molecule is CC(=O)Nc1nc(CN(C)CC(O)C2CC2)cs1. The van der Waals surface area contributed by atoms with E-state index in [1.807, 2.05) is 12.4 Å². The highest BCUT2D eigenvalue weighted by atomic mass is 32.1. The first-order valence-corrected chi connectivity index (χ1v) is 7.01. The minimum atomic E-state index is -0.219. The molecular weight excluding hydrogens is 250 g/mol. The van der Waals surface area contributed by atoms with Crippen LogP contribution in [-0.4, -0.2) is 40.6 Å². The summed E-state index contributed by atoms with van der Waals surface area (Å²) in [5.74, 6) is 0.395. The van der Waals surface area contributed by atoms with E-state index in [4.69, 9.17) is 0 Å². The number of carbonyl (C=O) groups excluding carboxylic acids is 1. The van der Waals surface area contributed by atoms with Crippen LogP contribution in [-0.2, 0) is 11.3 Å². The van der Waals surface area contributed by atoms with Crippen LogP contribution in [0, 0.1) is 5.92 Å². The highest BCUT2D eigenvalue weighted by molar-refractivity contribution is 7.13. The molecule has 0 saturated heterocycles. The van der Waals surface area contributed by atoms with E-state index >= 15 is 0 Å². The second kappa shape index (κ2) is 5.77. The molecule has 1 aliphatic carbocycles. The maximum atomic E-state index is 10.9. The Morgan fingerprint density at radius 3 is 3.06 bits per heavy atom. The average molecular weight is 269 g/mol. The molecular formula is C12H19N3O2S. The highest BCUT2D eigenvalue weighted by Gasteiger charge is 2.30. The number of nitrogens with one attached hydrogen (secondary N) is 1. The molecule has 2 rings (SSSR count). The number of aromatic nitrogens is 1. The zero-order valence-corrected chi connectivity index (χ0v) is 11.5. The number of likely N-dealkylation sites (N-methyl/N-ethyl adjacent to an activating group) is 1. The third kappa shape index (κ3) is 4.04. The average Bonchev–Trinajstić information content (AvgIpc) is 3.02. The lowest BCUT2D eigenvalue weighted by Crippen LogP contribution is -2.30. The van der Waals surface area contributed by atoms with Gasteiger partial charge in [0.25, 0.3) is 0 Å². The largest absolute Gasteiger partial charge is 0.392 e. The molecule has 0 spiro atoms. The minimum absolute atomic E-state index is 0.103. The van der Waals surface area contributed by atoms with E-state index in [-0.39, 0.29) is 12.0 Å². The molecule has 1 aromatic rings. The van der Waals surface area contributed by atoms with Gasteiger partial charge in [-0.1, -0.05) is 0 Å². The number of aliphatic hydroxyl groups is 1. The number of hydrogen-bond donors (Lipinski definition) is 2. The lowest BCUT2D eigenvalue weighted by molar-refractivity contribution is -0.114. The van der Waals surface area contributed by atoms with E-state index < -0.39 is 0 Å². The van der Waals surface area contributed by atoms with Crippen molar-refractivity contribution in [3.05, 3.63) is 11.1 Å². The standard InChI is InChI=1S/C12H19N3O2S/c1-8(16)13-12-14-10(7-18-12)5-15(2)6-11(17)9-3-4-9/h7,9,11,17H,3-6H2,1-2H3,(H,13,14,16). The molecule has 1 unspecified atom stereocenters. The zero-order chi connectivity index (χ0) is 13.1. The van der Waals surface area contributed by atoms with Crippen LogP contribution in [0.3, 0.4) is 0 Å². The fourth-order valence-electron chi connectivity index (χ4n) is 1.88. The third-order valence-corrected chi connectivity index (χ3v) is 3.74. The second-order valence-electron chi connectivity index (χ2n) is 4.93. The number of nitrogens with zero attached hydrogens (tertiary/aromatic N) is 2. The van der Waals surface area contributed by atoms with Crippen molar-refractivity contribution in [3.63, 3.8) is 0 Å². The lowest BCUT2D eigenvalue weighted by Gasteiger charge is -2.19. The number of rotatable bonds is 6. The molecule has 1 fully saturated rings. The number of anilines is 1. The van der Waals surface area contributed by atoms with Crippen molar-refractivity contribution in [1.29, 1.82) is 0 Å². The monoisotopic (exact) mass is 269 g/mol. The molecule has 100 valence electrons. The van der Waals surface area contributed by atoms with E-state index in [0.717, 1.165) is 18.5 Å². The van der Waals surface area contributed by atoms with Crippen molar-refractivity contribution in [2.24, 2.45) is 5.92 Å². The molecule has 0 aliphatic heterocycles. The molecule has 1 aliphatic rings. The van der Waals surface area contributed by atoms with Gasteiger partial charge in [-0.25, -0.2) is 4.98 Å². The quantitative estimate of drug-likeness (QED) is 0.817. The van der Waals surface area contributed by atoms with Gasteiger partial charge in [0.1, 0.15) is 0 Å². The smallest absolute Gasteiger partial charge is 0.223 e. The molecule has 0 bridgehead atoms. The van der Waals surface area contributed by atoms with Gasteiger partial charge in [0.2, 0.25) is 5.91 Å². The number of hydrogen-bond acceptors (Lipinski definition) is 5. The summed E-state index contributed by atoms with van der Waals surface area (Å²) < 4.78 is 0. The molecule has 1 aromatic heterocycles. The first-order chi connectivity index (χ1) is 8.54. The van der Waals surface area contributed by atoms with Crippen LogP contribution in [0.1, 0.15) is 25.5 Å². The van der Waals surface area contributed by atoms with E-state index in [1.165, 1.54) is 18.3 Å². The number of amides is 1. The Kier molecular flexibility index (Phi) is 4.31. The molecule has 1 amide bonds. The summed E-state index contributed by atoms with van der Waals surface area (Å²) in [6.07, 6.45) is 2.08. The van der Waals surface area contributed by atoms with Crippen LogP contribution in [0.4, 0.5) is 5.13 Å². The summed E-state index contributed by atoms with van der Waals surface area (Å²) in [5.41, 5.74) is 0.925. The van der Waals surface area contributed by atoms with Crippen LogP contribution in [0.15, 0.2) is 5.38 Å². The van der Waals surface area contributed by atoms with Crippen molar-refractivity contribution in [2.45, 2.75) is 32.4 Å². The van der Waals surface area contributed by atoms with Gasteiger partial charge in [0.05, 0.1) is 11.8 Å². The van der Waals surface area contributed by atoms with Crippen molar-refractivity contribution < 1.29 is 9.90 Å². The Balaban J connectivity index is 1.80. The molecule has 0 radical (unpaired) electrons. The van der Waals surface area contributed by atoms with Gasteiger partial charge in [0.15, 0.2) is 5.13 Å². The fraction of sp³-hybridized carbons (Fsp3) is 0.667. The van der Waals surface area contributed by atoms with Crippen molar-refractivity contribution in [2.75, 3.05) is 18.9 Å². The van der Waals surface area contributed by atoms with Gasteiger partial charge in [-0.15, -0.1) is 11.3 Å². The van der Waals surface area contributed by atoms with Gasteiger partial charge >= 0.3 is 0 Å². The van der Waals surface area contributed by atoms with Gasteiger partial charge in [-0.2, -0.15) is 0 Å². The van der Waals surface area contributed by atoms with Crippen LogP contribution in [0.25, 0.3) is 0 Å². The number of aliphatic hydroxyl groups excluding tert-OH is 1. The Labute approximate surface area is 111 Å². The molecule has 1 saturated carbocycles. The van der Waals surface area contributed by atoms with Gasteiger partial charge in [-0.3, -0.25) is 9.69 Å². The summed E-state index contributed by atoms with van der Waals surface area (Å²) >= 11 is 1.43. The predicted octanol–water partition coefficient (Wildman–Crippen LogP) is 1.30. The van der Waals surface area contributed by atoms with Crippen LogP contribution >= 0.6 is 11.3 Å². The van der Waals surface area contributed by atoms with Crippen molar-refractivity contribution in [3.8, 4) is 0 Å².